The van der Waals surface area contributed by atoms with E-state index in [1.807, 2.05) is 6.07 Å². The summed E-state index contributed by atoms with van der Waals surface area (Å²) < 4.78 is 19.3. The highest BCUT2D eigenvalue weighted by molar-refractivity contribution is 5.97. The maximum Gasteiger partial charge on any atom is 0.255 e. The highest BCUT2D eigenvalue weighted by Gasteiger charge is 2.16. The van der Waals surface area contributed by atoms with E-state index >= 15 is 0 Å². The summed E-state index contributed by atoms with van der Waals surface area (Å²) in [4.78, 5) is 14.8. The second-order valence-corrected chi connectivity index (χ2v) is 5.55. The molecule has 0 bridgehead atoms. The second kappa shape index (κ2) is 6.75. The van der Waals surface area contributed by atoms with Crippen molar-refractivity contribution in [3.63, 3.8) is 0 Å². The lowest BCUT2D eigenvalue weighted by Gasteiger charge is -2.14. The van der Waals surface area contributed by atoms with Gasteiger partial charge in [-0.1, -0.05) is 6.07 Å². The summed E-state index contributed by atoms with van der Waals surface area (Å²) in [6.45, 7) is 1.26. The first-order valence-corrected chi connectivity index (χ1v) is 7.61. The third-order valence-corrected chi connectivity index (χ3v) is 4.10. The van der Waals surface area contributed by atoms with Crippen LogP contribution in [-0.4, -0.2) is 16.7 Å². The Morgan fingerprint density at radius 1 is 1.28 bits per heavy atom. The van der Waals surface area contributed by atoms with Gasteiger partial charge < -0.3 is 14.8 Å². The molecule has 5 nitrogen and oxygen atoms in total. The number of ether oxygens (including phenoxy) is 1. The third-order valence-electron chi connectivity index (χ3n) is 4.10. The Labute approximate surface area is 142 Å². The van der Waals surface area contributed by atoms with Crippen LogP contribution in [0.25, 0.3) is 21.9 Å². The molecule has 0 aliphatic carbocycles. The van der Waals surface area contributed by atoms with E-state index in [9.17, 15) is 14.3 Å². The average Bonchev–Trinajstić information content (AvgIpc) is 2.63. The molecule has 0 saturated carbocycles. The van der Waals surface area contributed by atoms with Gasteiger partial charge in [-0.2, -0.15) is 5.26 Å². The number of H-pyrrole nitrogens is 1. The summed E-state index contributed by atoms with van der Waals surface area (Å²) in [7, 11) is 0. The number of aromatic nitrogens is 1. The van der Waals surface area contributed by atoms with Crippen LogP contribution in [-0.2, 0) is 6.61 Å². The van der Waals surface area contributed by atoms with Crippen LogP contribution in [0, 0.1) is 24.1 Å². The number of aliphatic hydroxyl groups is 1. The molecule has 0 spiro atoms. The molecule has 0 aliphatic heterocycles. The van der Waals surface area contributed by atoms with E-state index in [1.165, 1.54) is 18.3 Å². The smallest absolute Gasteiger partial charge is 0.255 e. The first-order valence-electron chi connectivity index (χ1n) is 7.61. The molecule has 3 aromatic rings. The van der Waals surface area contributed by atoms with Gasteiger partial charge in [-0.05, 0) is 53.3 Å². The van der Waals surface area contributed by atoms with E-state index in [0.717, 1.165) is 0 Å². The monoisotopic (exact) mass is 338 g/mol. The van der Waals surface area contributed by atoms with E-state index < -0.39 is 0 Å². The summed E-state index contributed by atoms with van der Waals surface area (Å²) in [5, 5.41) is 19.2. The fourth-order valence-electron chi connectivity index (χ4n) is 2.90. The predicted octanol–water partition coefficient (Wildman–Crippen LogP) is 3.04. The van der Waals surface area contributed by atoms with Crippen LogP contribution >= 0.6 is 0 Å². The maximum absolute atomic E-state index is 14.1. The van der Waals surface area contributed by atoms with Crippen LogP contribution in [0.4, 0.5) is 4.39 Å². The van der Waals surface area contributed by atoms with Gasteiger partial charge in [-0.15, -0.1) is 0 Å². The molecule has 0 fully saturated rings. The van der Waals surface area contributed by atoms with E-state index in [1.54, 1.807) is 25.1 Å². The summed E-state index contributed by atoms with van der Waals surface area (Å²) >= 11 is 0. The van der Waals surface area contributed by atoms with E-state index in [4.69, 9.17) is 10.00 Å². The van der Waals surface area contributed by atoms with Gasteiger partial charge in [-0.25, -0.2) is 4.39 Å². The largest absolute Gasteiger partial charge is 0.479 e. The number of benzene rings is 2. The van der Waals surface area contributed by atoms with Crippen LogP contribution in [0.5, 0.6) is 5.75 Å². The Morgan fingerprint density at radius 3 is 2.80 bits per heavy atom. The maximum atomic E-state index is 14.1. The normalized spacial score (nSPS) is 10.6. The van der Waals surface area contributed by atoms with Crippen molar-refractivity contribution in [2.24, 2.45) is 0 Å². The van der Waals surface area contributed by atoms with Gasteiger partial charge in [0.25, 0.3) is 5.56 Å². The molecule has 126 valence electrons. The van der Waals surface area contributed by atoms with Crippen molar-refractivity contribution in [2.45, 2.75) is 13.5 Å². The Bertz CT molecular complexity index is 1050. The van der Waals surface area contributed by atoms with E-state index in [-0.39, 0.29) is 24.6 Å². The molecule has 0 atom stereocenters. The minimum atomic E-state index is -0.388. The molecule has 0 saturated heterocycles. The average molecular weight is 338 g/mol. The molecule has 3 rings (SSSR count). The van der Waals surface area contributed by atoms with Gasteiger partial charge in [0.15, 0.2) is 6.61 Å². The van der Waals surface area contributed by atoms with Crippen molar-refractivity contribution >= 4 is 10.8 Å². The summed E-state index contributed by atoms with van der Waals surface area (Å²) in [6.07, 6.45) is 1.52. The zero-order chi connectivity index (χ0) is 18.0. The molecule has 0 radical (unpaired) electrons. The molecule has 2 aromatic carbocycles. The summed E-state index contributed by atoms with van der Waals surface area (Å²) in [6, 6.07) is 9.59. The minimum absolute atomic E-state index is 0.124. The lowest BCUT2D eigenvalue weighted by atomic mass is 9.92. The van der Waals surface area contributed by atoms with E-state index in [0.29, 0.717) is 38.8 Å². The molecule has 1 aromatic heterocycles. The SMILES string of the molecule is Cc1c(F)ccc(CO)c1-c1c[nH]c(=O)c2cc(OCC#N)ccc12. The van der Waals surface area contributed by atoms with Gasteiger partial charge in [0, 0.05) is 11.8 Å². The van der Waals surface area contributed by atoms with Crippen molar-refractivity contribution in [1.29, 1.82) is 5.26 Å². The number of aromatic amines is 1. The number of nitriles is 1. The number of hydrogen-bond acceptors (Lipinski definition) is 4. The van der Waals surface area contributed by atoms with Gasteiger partial charge >= 0.3 is 0 Å². The zero-order valence-electron chi connectivity index (χ0n) is 13.5. The van der Waals surface area contributed by atoms with Crippen LogP contribution in [0.2, 0.25) is 0 Å². The molecule has 0 unspecified atom stereocenters. The predicted molar refractivity (Wildman–Crippen MR) is 91.7 cm³/mol. The molecular weight excluding hydrogens is 323 g/mol. The lowest BCUT2D eigenvalue weighted by Crippen LogP contribution is -2.08. The van der Waals surface area contributed by atoms with Gasteiger partial charge in [0.1, 0.15) is 17.6 Å². The van der Waals surface area contributed by atoms with Crippen molar-refractivity contribution in [1.82, 2.24) is 4.98 Å². The third kappa shape index (κ3) is 2.97. The summed E-state index contributed by atoms with van der Waals surface area (Å²) in [5.74, 6) is 0.00979. The van der Waals surface area contributed by atoms with Crippen LogP contribution < -0.4 is 10.3 Å². The van der Waals surface area contributed by atoms with Crippen LogP contribution in [0.3, 0.4) is 0 Å². The van der Waals surface area contributed by atoms with Crippen molar-refractivity contribution in [3.05, 3.63) is 63.8 Å². The Hall–Kier alpha value is -3.17. The minimum Gasteiger partial charge on any atom is -0.479 e. The second-order valence-electron chi connectivity index (χ2n) is 5.55. The molecule has 1 heterocycles. The first-order chi connectivity index (χ1) is 12.1. The number of hydrogen-bond donors (Lipinski definition) is 2. The highest BCUT2D eigenvalue weighted by Crippen LogP contribution is 2.34. The standard InChI is InChI=1S/C19H15FN2O3/c1-11-17(20)5-2-12(10-23)18(11)16-9-22-19(24)15-8-13(25-7-6-21)3-4-14(15)16/h2-5,8-9,23H,7,10H2,1H3,(H,22,24). The Kier molecular flexibility index (Phi) is 4.50. The fourth-order valence-corrected chi connectivity index (χ4v) is 2.90. The number of fused-ring (bicyclic) bond motifs is 1. The van der Waals surface area contributed by atoms with Crippen LogP contribution in [0.1, 0.15) is 11.1 Å². The number of rotatable bonds is 4. The molecule has 2 N–H and O–H groups in total. The summed E-state index contributed by atoms with van der Waals surface area (Å²) in [5.41, 5.74) is 1.81. The lowest BCUT2D eigenvalue weighted by molar-refractivity contribution is 0.282. The molecule has 6 heteroatoms. The van der Waals surface area contributed by atoms with Crippen molar-refractivity contribution < 1.29 is 14.2 Å². The number of nitrogens with zero attached hydrogens (tertiary/aromatic N) is 1. The van der Waals surface area contributed by atoms with Gasteiger partial charge in [0.05, 0.1) is 12.0 Å². The molecular formula is C19H15FN2O3. The quantitative estimate of drug-likeness (QED) is 0.765. The van der Waals surface area contributed by atoms with Crippen LogP contribution in [0.15, 0.2) is 41.3 Å². The number of aliphatic hydroxyl groups excluding tert-OH is 1. The van der Waals surface area contributed by atoms with Crippen molar-refractivity contribution in [2.75, 3.05) is 6.61 Å². The Balaban J connectivity index is 2.29. The molecule has 0 amide bonds. The van der Waals surface area contributed by atoms with Gasteiger partial charge in [0.2, 0.25) is 0 Å². The zero-order valence-corrected chi connectivity index (χ0v) is 13.5. The van der Waals surface area contributed by atoms with Gasteiger partial charge in [-0.3, -0.25) is 4.79 Å². The topological polar surface area (TPSA) is 86.1 Å². The fraction of sp³-hybridized carbons (Fsp3) is 0.158. The number of pyridine rings is 1. The first kappa shape index (κ1) is 16.7. The van der Waals surface area contributed by atoms with Crippen molar-refractivity contribution in [3.8, 4) is 22.9 Å². The number of nitrogens with one attached hydrogen (secondary N) is 1. The highest BCUT2D eigenvalue weighted by atomic mass is 19.1. The Morgan fingerprint density at radius 2 is 2.08 bits per heavy atom. The molecule has 0 aliphatic rings. The van der Waals surface area contributed by atoms with E-state index in [2.05, 4.69) is 4.98 Å². The molecule has 25 heavy (non-hydrogen) atoms. The number of halogens is 1.